The standard InChI is InChI=1S/C11H22N2O2S.ClH/c14-16(15,9-10-4-1-2-5-10)13-11-6-3-7-12-8-11;/h10-13H,1-9H2;1H/t11-;/m1./s1. The lowest BCUT2D eigenvalue weighted by Gasteiger charge is -2.24. The molecule has 0 unspecified atom stereocenters. The molecular weight excluding hydrogens is 260 g/mol. The van der Waals surface area contributed by atoms with Gasteiger partial charge in [-0.1, -0.05) is 12.8 Å². The fourth-order valence-electron chi connectivity index (χ4n) is 2.74. The maximum Gasteiger partial charge on any atom is 0.212 e. The van der Waals surface area contributed by atoms with E-state index in [2.05, 4.69) is 10.0 Å². The summed E-state index contributed by atoms with van der Waals surface area (Å²) in [5.74, 6) is 0.734. The van der Waals surface area contributed by atoms with Gasteiger partial charge in [-0.15, -0.1) is 12.4 Å². The summed E-state index contributed by atoms with van der Waals surface area (Å²) in [7, 11) is -3.05. The van der Waals surface area contributed by atoms with Crippen molar-refractivity contribution in [1.82, 2.24) is 10.0 Å². The monoisotopic (exact) mass is 282 g/mol. The van der Waals surface area contributed by atoms with Crippen molar-refractivity contribution >= 4 is 22.4 Å². The highest BCUT2D eigenvalue weighted by Gasteiger charge is 2.25. The lowest BCUT2D eigenvalue weighted by Crippen LogP contribution is -2.46. The molecule has 1 atom stereocenters. The first-order valence-corrected chi connectivity index (χ1v) is 8.02. The largest absolute Gasteiger partial charge is 0.315 e. The minimum atomic E-state index is -3.05. The molecule has 17 heavy (non-hydrogen) atoms. The number of rotatable bonds is 4. The van der Waals surface area contributed by atoms with E-state index in [0.29, 0.717) is 11.7 Å². The second kappa shape index (κ2) is 6.92. The van der Waals surface area contributed by atoms with Crippen LogP contribution in [0, 0.1) is 5.92 Å². The number of nitrogens with one attached hydrogen (secondary N) is 2. The topological polar surface area (TPSA) is 58.2 Å². The predicted octanol–water partition coefficient (Wildman–Crippen LogP) is 1.27. The predicted molar refractivity (Wildman–Crippen MR) is 72.0 cm³/mol. The first-order chi connectivity index (χ1) is 7.66. The van der Waals surface area contributed by atoms with Crippen LogP contribution in [0.4, 0.5) is 0 Å². The second-order valence-electron chi connectivity index (χ2n) is 5.09. The summed E-state index contributed by atoms with van der Waals surface area (Å²) < 4.78 is 26.7. The van der Waals surface area contributed by atoms with Crippen LogP contribution in [-0.2, 0) is 10.0 Å². The van der Waals surface area contributed by atoms with Crippen molar-refractivity contribution in [1.29, 1.82) is 0 Å². The van der Waals surface area contributed by atoms with Gasteiger partial charge in [0, 0.05) is 12.6 Å². The van der Waals surface area contributed by atoms with Crippen LogP contribution in [0.5, 0.6) is 0 Å². The van der Waals surface area contributed by atoms with Crippen molar-refractivity contribution in [2.45, 2.75) is 44.6 Å². The Bertz CT molecular complexity index is 309. The van der Waals surface area contributed by atoms with Crippen molar-refractivity contribution in [3.63, 3.8) is 0 Å². The molecule has 6 heteroatoms. The lowest BCUT2D eigenvalue weighted by atomic mass is 10.1. The third kappa shape index (κ3) is 5.12. The molecule has 1 saturated heterocycles. The van der Waals surface area contributed by atoms with Gasteiger partial charge in [-0.05, 0) is 38.1 Å². The van der Waals surface area contributed by atoms with Gasteiger partial charge in [-0.25, -0.2) is 13.1 Å². The maximum atomic E-state index is 11.9. The second-order valence-corrected chi connectivity index (χ2v) is 6.89. The summed E-state index contributed by atoms with van der Waals surface area (Å²) in [6.07, 6.45) is 6.61. The molecule has 4 nitrogen and oxygen atoms in total. The number of sulfonamides is 1. The van der Waals surface area contributed by atoms with E-state index in [-0.39, 0.29) is 18.4 Å². The van der Waals surface area contributed by atoms with Crippen LogP contribution in [0.3, 0.4) is 0 Å². The van der Waals surface area contributed by atoms with Crippen LogP contribution in [0.25, 0.3) is 0 Å². The van der Waals surface area contributed by atoms with E-state index in [0.717, 1.165) is 38.8 Å². The summed E-state index contributed by atoms with van der Waals surface area (Å²) >= 11 is 0. The first kappa shape index (κ1) is 15.2. The minimum Gasteiger partial charge on any atom is -0.315 e. The number of halogens is 1. The van der Waals surface area contributed by atoms with Gasteiger partial charge in [0.05, 0.1) is 5.75 Å². The van der Waals surface area contributed by atoms with Gasteiger partial charge in [0.2, 0.25) is 10.0 Å². The zero-order valence-corrected chi connectivity index (χ0v) is 11.8. The van der Waals surface area contributed by atoms with Crippen LogP contribution < -0.4 is 10.0 Å². The molecule has 102 valence electrons. The molecule has 2 aliphatic rings. The molecule has 0 spiro atoms. The third-order valence-corrected chi connectivity index (χ3v) is 5.18. The quantitative estimate of drug-likeness (QED) is 0.816. The van der Waals surface area contributed by atoms with Gasteiger partial charge in [0.15, 0.2) is 0 Å². The van der Waals surface area contributed by atoms with Gasteiger partial charge in [-0.2, -0.15) is 0 Å². The molecule has 0 amide bonds. The van der Waals surface area contributed by atoms with E-state index in [4.69, 9.17) is 0 Å². The molecule has 1 aliphatic heterocycles. The van der Waals surface area contributed by atoms with Crippen LogP contribution in [-0.4, -0.2) is 33.3 Å². The molecule has 0 radical (unpaired) electrons. The summed E-state index contributed by atoms with van der Waals surface area (Å²) in [5.41, 5.74) is 0. The molecule has 2 fully saturated rings. The number of hydrogen-bond acceptors (Lipinski definition) is 3. The van der Waals surface area contributed by atoms with Crippen molar-refractivity contribution in [2.75, 3.05) is 18.8 Å². The Morgan fingerprint density at radius 1 is 1.12 bits per heavy atom. The Kier molecular flexibility index (Phi) is 6.20. The van der Waals surface area contributed by atoms with Crippen LogP contribution in [0.2, 0.25) is 0 Å². The van der Waals surface area contributed by atoms with Crippen molar-refractivity contribution in [2.24, 2.45) is 5.92 Å². The Balaban J connectivity index is 0.00000144. The molecule has 0 aromatic carbocycles. The van der Waals surface area contributed by atoms with E-state index in [1.54, 1.807) is 0 Å². The third-order valence-electron chi connectivity index (χ3n) is 3.57. The Morgan fingerprint density at radius 2 is 1.82 bits per heavy atom. The Morgan fingerprint density at radius 3 is 2.41 bits per heavy atom. The molecule has 2 rings (SSSR count). The average Bonchev–Trinajstić information content (AvgIpc) is 2.70. The van der Waals surface area contributed by atoms with E-state index in [9.17, 15) is 8.42 Å². The SMILES string of the molecule is Cl.O=S(=O)(CC1CCCC1)N[C@@H]1CCCNC1. The molecule has 1 heterocycles. The molecule has 0 aromatic rings. The fourth-order valence-corrected chi connectivity index (χ4v) is 4.50. The highest BCUT2D eigenvalue weighted by atomic mass is 35.5. The molecular formula is C11H23ClN2O2S. The van der Waals surface area contributed by atoms with Gasteiger partial charge in [0.1, 0.15) is 0 Å². The fraction of sp³-hybridized carbons (Fsp3) is 1.00. The van der Waals surface area contributed by atoms with E-state index in [1.807, 2.05) is 0 Å². The average molecular weight is 283 g/mol. The minimum absolute atomic E-state index is 0. The Hall–Kier alpha value is 0.160. The zero-order chi connectivity index (χ0) is 11.4. The van der Waals surface area contributed by atoms with Crippen LogP contribution >= 0.6 is 12.4 Å². The van der Waals surface area contributed by atoms with Crippen LogP contribution in [0.1, 0.15) is 38.5 Å². The highest BCUT2D eigenvalue weighted by molar-refractivity contribution is 7.89. The van der Waals surface area contributed by atoms with Gasteiger partial charge < -0.3 is 5.32 Å². The summed E-state index contributed by atoms with van der Waals surface area (Å²) in [5, 5.41) is 3.22. The molecule has 1 saturated carbocycles. The van der Waals surface area contributed by atoms with E-state index in [1.165, 1.54) is 12.8 Å². The summed E-state index contributed by atoms with van der Waals surface area (Å²) in [6, 6.07) is 0.111. The molecule has 1 aliphatic carbocycles. The zero-order valence-electron chi connectivity index (χ0n) is 10.2. The molecule has 0 bridgehead atoms. The first-order valence-electron chi connectivity index (χ1n) is 6.36. The van der Waals surface area contributed by atoms with E-state index < -0.39 is 10.0 Å². The summed E-state index contributed by atoms with van der Waals surface area (Å²) in [4.78, 5) is 0. The maximum absolute atomic E-state index is 11.9. The lowest BCUT2D eigenvalue weighted by molar-refractivity contribution is 0.426. The van der Waals surface area contributed by atoms with Crippen molar-refractivity contribution in [3.8, 4) is 0 Å². The van der Waals surface area contributed by atoms with Gasteiger partial charge in [0.25, 0.3) is 0 Å². The Labute approximate surface area is 110 Å². The smallest absolute Gasteiger partial charge is 0.212 e. The normalized spacial score (nSPS) is 26.7. The van der Waals surface area contributed by atoms with E-state index >= 15 is 0 Å². The number of hydrogen-bond donors (Lipinski definition) is 2. The molecule has 2 N–H and O–H groups in total. The van der Waals surface area contributed by atoms with Crippen molar-refractivity contribution in [3.05, 3.63) is 0 Å². The van der Waals surface area contributed by atoms with Crippen molar-refractivity contribution < 1.29 is 8.42 Å². The molecule has 0 aromatic heterocycles. The van der Waals surface area contributed by atoms with Gasteiger partial charge in [-0.3, -0.25) is 0 Å². The van der Waals surface area contributed by atoms with Gasteiger partial charge >= 0.3 is 0 Å². The summed E-state index contributed by atoms with van der Waals surface area (Å²) in [6.45, 7) is 1.80. The van der Waals surface area contributed by atoms with Crippen LogP contribution in [0.15, 0.2) is 0 Å². The number of piperidine rings is 1. The highest BCUT2D eigenvalue weighted by Crippen LogP contribution is 2.25.